The number of halogens is 2. The van der Waals surface area contributed by atoms with Crippen LogP contribution in [0, 0.1) is 11.3 Å². The molecule has 0 aromatic heterocycles. The molecule has 2 aromatic carbocycles. The predicted molar refractivity (Wildman–Crippen MR) is 129 cm³/mol. The number of esters is 1. The Bertz CT molecular complexity index is 1170. The Kier molecular flexibility index (Phi) is 8.19. The summed E-state index contributed by atoms with van der Waals surface area (Å²) < 4.78 is 11.4. The van der Waals surface area contributed by atoms with E-state index in [0.717, 1.165) is 22.2 Å². The molecule has 0 radical (unpaired) electrons. The van der Waals surface area contributed by atoms with E-state index in [0.29, 0.717) is 21.3 Å². The van der Waals surface area contributed by atoms with Crippen LogP contribution in [0.25, 0.3) is 6.08 Å². The molecule has 1 aliphatic rings. The molecule has 2 amide bonds. The van der Waals surface area contributed by atoms with Gasteiger partial charge in [-0.05, 0) is 71.4 Å². The van der Waals surface area contributed by atoms with Gasteiger partial charge in [-0.3, -0.25) is 19.3 Å². The minimum absolute atomic E-state index is 0.146. The van der Waals surface area contributed by atoms with Gasteiger partial charge >= 0.3 is 5.97 Å². The smallest absolute Gasteiger partial charge is 0.326 e. The topological polar surface area (TPSA) is 96.7 Å². The van der Waals surface area contributed by atoms with Crippen LogP contribution in [0.4, 0.5) is 4.79 Å². The Morgan fingerprint density at radius 3 is 2.70 bits per heavy atom. The van der Waals surface area contributed by atoms with Crippen LogP contribution >= 0.6 is 39.3 Å². The van der Waals surface area contributed by atoms with E-state index in [1.165, 1.54) is 6.08 Å². The van der Waals surface area contributed by atoms with E-state index in [-0.39, 0.29) is 22.6 Å². The van der Waals surface area contributed by atoms with E-state index in [1.54, 1.807) is 44.2 Å². The number of hydrogen-bond donors (Lipinski definition) is 0. The van der Waals surface area contributed by atoms with Crippen LogP contribution in [0.15, 0.2) is 45.8 Å². The van der Waals surface area contributed by atoms with E-state index in [4.69, 9.17) is 21.1 Å². The third-order valence-corrected chi connectivity index (χ3v) is 6.13. The molecule has 33 heavy (non-hydrogen) atoms. The summed E-state index contributed by atoms with van der Waals surface area (Å²) in [6.07, 6.45) is 1.17. The summed E-state index contributed by atoms with van der Waals surface area (Å²) in [5.41, 5.74) is 1.79. The number of amides is 2. The fourth-order valence-corrected chi connectivity index (χ4v) is 4.75. The lowest BCUT2D eigenvalue weighted by atomic mass is 10.1. The highest BCUT2D eigenvalue weighted by molar-refractivity contribution is 9.10. The average Bonchev–Trinajstić information content (AvgIpc) is 3.00. The minimum atomic E-state index is -0.654. The van der Waals surface area contributed by atoms with Gasteiger partial charge in [-0.2, -0.15) is 5.26 Å². The van der Waals surface area contributed by atoms with Gasteiger partial charge in [-0.25, -0.2) is 0 Å². The van der Waals surface area contributed by atoms with Gasteiger partial charge in [0.2, 0.25) is 0 Å². The molecule has 170 valence electrons. The summed E-state index contributed by atoms with van der Waals surface area (Å²) in [7, 11) is 0. The minimum Gasteiger partial charge on any atom is -0.486 e. The van der Waals surface area contributed by atoms with E-state index >= 15 is 0 Å². The first-order valence-corrected chi connectivity index (χ1v) is 11.7. The second kappa shape index (κ2) is 10.9. The Hall–Kier alpha value is -2.80. The highest BCUT2D eigenvalue weighted by Crippen LogP contribution is 2.38. The fraction of sp³-hybridized carbons (Fsp3) is 0.217. The van der Waals surface area contributed by atoms with Crippen LogP contribution in [-0.2, 0) is 20.9 Å². The Labute approximate surface area is 208 Å². The van der Waals surface area contributed by atoms with Crippen LogP contribution in [0.2, 0.25) is 5.02 Å². The molecule has 0 aliphatic carbocycles. The lowest BCUT2D eigenvalue weighted by Gasteiger charge is -2.13. The maximum absolute atomic E-state index is 12.6. The van der Waals surface area contributed by atoms with Gasteiger partial charge < -0.3 is 9.47 Å². The monoisotopic (exact) mass is 548 g/mol. The molecule has 1 saturated heterocycles. The summed E-state index contributed by atoms with van der Waals surface area (Å²) >= 11 is 10.5. The number of benzene rings is 2. The molecule has 0 saturated carbocycles. The fourth-order valence-electron chi connectivity index (χ4n) is 2.92. The maximum Gasteiger partial charge on any atom is 0.326 e. The van der Waals surface area contributed by atoms with Crippen molar-refractivity contribution in [3.63, 3.8) is 0 Å². The molecule has 0 unspecified atom stereocenters. The summed E-state index contributed by atoms with van der Waals surface area (Å²) in [6.45, 7) is 3.07. The zero-order chi connectivity index (χ0) is 24.1. The zero-order valence-electron chi connectivity index (χ0n) is 17.6. The largest absolute Gasteiger partial charge is 0.486 e. The van der Waals surface area contributed by atoms with Gasteiger partial charge in [0, 0.05) is 5.56 Å². The number of carbonyl (C=O) groups is 3. The number of rotatable bonds is 7. The summed E-state index contributed by atoms with van der Waals surface area (Å²) in [5.74, 6) is -0.851. The van der Waals surface area contributed by atoms with Crippen molar-refractivity contribution < 1.29 is 23.9 Å². The normalized spacial score (nSPS) is 14.7. The van der Waals surface area contributed by atoms with Gasteiger partial charge in [0.1, 0.15) is 13.2 Å². The van der Waals surface area contributed by atoms with Crippen molar-refractivity contribution >= 4 is 62.5 Å². The molecular weight excluding hydrogens is 532 g/mol. The van der Waals surface area contributed by atoms with Crippen LogP contribution in [0.5, 0.6) is 5.75 Å². The number of hydrogen-bond acceptors (Lipinski definition) is 7. The second-order valence-corrected chi connectivity index (χ2v) is 9.43. The first-order valence-electron chi connectivity index (χ1n) is 9.74. The van der Waals surface area contributed by atoms with Crippen molar-refractivity contribution in [1.82, 2.24) is 4.90 Å². The molecule has 3 rings (SSSR count). The molecule has 1 fully saturated rings. The molecule has 7 nitrogen and oxygen atoms in total. The first kappa shape index (κ1) is 24.8. The Morgan fingerprint density at radius 1 is 1.30 bits per heavy atom. The third kappa shape index (κ3) is 6.16. The molecule has 2 aromatic rings. The van der Waals surface area contributed by atoms with Crippen molar-refractivity contribution in [3.8, 4) is 11.8 Å². The van der Waals surface area contributed by atoms with Gasteiger partial charge in [0.25, 0.3) is 11.1 Å². The standard InChI is InChI=1S/C23H18BrClN2O5S/c1-13(2)32-20(28)11-27-22(29)19(33-23(27)30)9-14-7-17(24)21(18(25)8-14)31-12-16-6-4-3-5-15(16)10-26/h3-9,13H,11-12H2,1-2H3/b19-9+. The van der Waals surface area contributed by atoms with Crippen LogP contribution in [0.1, 0.15) is 30.5 Å². The highest BCUT2D eigenvalue weighted by atomic mass is 79.9. The Morgan fingerprint density at radius 2 is 2.03 bits per heavy atom. The maximum atomic E-state index is 12.6. The van der Waals surface area contributed by atoms with E-state index in [9.17, 15) is 19.6 Å². The van der Waals surface area contributed by atoms with Gasteiger partial charge in [-0.15, -0.1) is 0 Å². The van der Waals surface area contributed by atoms with E-state index in [2.05, 4.69) is 22.0 Å². The van der Waals surface area contributed by atoms with Crippen LogP contribution < -0.4 is 4.74 Å². The van der Waals surface area contributed by atoms with Gasteiger partial charge in [0.05, 0.1) is 32.1 Å². The third-order valence-electron chi connectivity index (χ3n) is 4.36. The van der Waals surface area contributed by atoms with Gasteiger partial charge in [-0.1, -0.05) is 29.8 Å². The molecule has 0 bridgehead atoms. The molecule has 0 N–H and O–H groups in total. The van der Waals surface area contributed by atoms with Crippen molar-refractivity contribution in [1.29, 1.82) is 5.26 Å². The SMILES string of the molecule is CC(C)OC(=O)CN1C(=O)S/C(=C/c2cc(Cl)c(OCc3ccccc3C#N)c(Br)c2)C1=O. The molecule has 1 heterocycles. The molecular formula is C23H18BrClN2O5S. The second-order valence-electron chi connectivity index (χ2n) is 7.18. The van der Waals surface area contributed by atoms with Gasteiger partial charge in [0.15, 0.2) is 5.75 Å². The zero-order valence-corrected chi connectivity index (χ0v) is 20.8. The number of nitrogens with zero attached hydrogens (tertiary/aromatic N) is 2. The number of thioether (sulfide) groups is 1. The van der Waals surface area contributed by atoms with E-state index < -0.39 is 23.7 Å². The molecule has 0 atom stereocenters. The lowest BCUT2D eigenvalue weighted by molar-refractivity contribution is -0.149. The van der Waals surface area contributed by atoms with Crippen LogP contribution in [-0.4, -0.2) is 34.7 Å². The average molecular weight is 550 g/mol. The highest BCUT2D eigenvalue weighted by Gasteiger charge is 2.36. The van der Waals surface area contributed by atoms with Crippen LogP contribution in [0.3, 0.4) is 0 Å². The Balaban J connectivity index is 1.75. The molecule has 10 heteroatoms. The van der Waals surface area contributed by atoms with Crippen molar-refractivity contribution in [3.05, 3.63) is 67.5 Å². The van der Waals surface area contributed by atoms with Crippen molar-refractivity contribution in [2.75, 3.05) is 6.54 Å². The van der Waals surface area contributed by atoms with Crippen molar-refractivity contribution in [2.45, 2.75) is 26.6 Å². The van der Waals surface area contributed by atoms with E-state index in [1.807, 2.05) is 6.07 Å². The number of carbonyl (C=O) groups excluding carboxylic acids is 3. The quantitative estimate of drug-likeness (QED) is 0.330. The number of nitriles is 1. The molecule has 0 spiro atoms. The summed E-state index contributed by atoms with van der Waals surface area (Å²) in [5, 5.41) is 8.95. The number of imide groups is 1. The molecule has 1 aliphatic heterocycles. The first-order chi connectivity index (χ1) is 15.7. The lowest BCUT2D eigenvalue weighted by Crippen LogP contribution is -2.35. The summed E-state index contributed by atoms with van der Waals surface area (Å²) in [4.78, 5) is 37.7. The van der Waals surface area contributed by atoms with Crippen molar-refractivity contribution in [2.24, 2.45) is 0 Å². The number of ether oxygens (including phenoxy) is 2. The predicted octanol–water partition coefficient (Wildman–Crippen LogP) is 5.54. The summed E-state index contributed by atoms with van der Waals surface area (Å²) in [6, 6.07) is 12.5.